The van der Waals surface area contributed by atoms with Gasteiger partial charge in [0.15, 0.2) is 6.19 Å². The van der Waals surface area contributed by atoms with Crippen molar-refractivity contribution in [3.63, 3.8) is 0 Å². The molecule has 1 rings (SSSR count). The second-order valence-electron chi connectivity index (χ2n) is 1.32. The summed E-state index contributed by atoms with van der Waals surface area (Å²) < 4.78 is 0. The number of nitrogens with one attached hydrogen (secondary N) is 1. The van der Waals surface area contributed by atoms with E-state index in [1.807, 2.05) is 6.19 Å². The molecule has 0 fully saturated rings. The second kappa shape index (κ2) is 2.58. The molecule has 3 nitrogen and oxygen atoms in total. The van der Waals surface area contributed by atoms with Gasteiger partial charge in [-0.3, -0.25) is 10.3 Å². The van der Waals surface area contributed by atoms with Gasteiger partial charge < -0.3 is 0 Å². The summed E-state index contributed by atoms with van der Waals surface area (Å²) in [4.78, 5) is 3.97. The van der Waals surface area contributed by atoms with E-state index >= 15 is 0 Å². The lowest BCUT2D eigenvalue weighted by molar-refractivity contribution is 1.22. The predicted molar refractivity (Wildman–Crippen MR) is 33.5 cm³/mol. The van der Waals surface area contributed by atoms with Crippen LogP contribution in [-0.4, -0.2) is 17.5 Å². The van der Waals surface area contributed by atoms with Crippen LogP contribution in [0.25, 0.3) is 0 Å². The van der Waals surface area contributed by atoms with Crippen LogP contribution in [0.1, 0.15) is 0 Å². The molecule has 0 spiro atoms. The molecule has 8 heavy (non-hydrogen) atoms. The SMILES string of the molecule is N#CNC1=NCSC1. The first-order chi connectivity index (χ1) is 3.93. The summed E-state index contributed by atoms with van der Waals surface area (Å²) in [6, 6.07) is 0. The number of amidine groups is 1. The largest absolute Gasteiger partial charge is 0.280 e. The maximum absolute atomic E-state index is 8.08. The lowest BCUT2D eigenvalue weighted by Gasteiger charge is -1.87. The number of nitrogens with zero attached hydrogens (tertiary/aromatic N) is 2. The summed E-state index contributed by atoms with van der Waals surface area (Å²) >= 11 is 1.70. The predicted octanol–water partition coefficient (Wildman–Crippen LogP) is 0.160. The molecular weight excluding hydrogens is 122 g/mol. The molecule has 1 aliphatic heterocycles. The van der Waals surface area contributed by atoms with Crippen molar-refractivity contribution in [2.45, 2.75) is 0 Å². The van der Waals surface area contributed by atoms with Gasteiger partial charge in [-0.15, -0.1) is 11.8 Å². The molecule has 0 atom stereocenters. The molecule has 0 saturated carbocycles. The van der Waals surface area contributed by atoms with Crippen LogP contribution in [0.5, 0.6) is 0 Å². The zero-order valence-corrected chi connectivity index (χ0v) is 5.03. The van der Waals surface area contributed by atoms with E-state index in [0.29, 0.717) is 0 Å². The molecule has 0 bridgehead atoms. The van der Waals surface area contributed by atoms with E-state index in [4.69, 9.17) is 5.26 Å². The number of hydrogen-bond acceptors (Lipinski definition) is 4. The topological polar surface area (TPSA) is 48.2 Å². The minimum atomic E-state index is 0.796. The summed E-state index contributed by atoms with van der Waals surface area (Å²) in [5.74, 6) is 2.45. The highest BCUT2D eigenvalue weighted by molar-refractivity contribution is 8.00. The lowest BCUT2D eigenvalue weighted by atomic mass is 10.7. The Bertz CT molecular complexity index is 146. The first-order valence-corrected chi connectivity index (χ1v) is 3.35. The van der Waals surface area contributed by atoms with Crippen LogP contribution in [0.4, 0.5) is 0 Å². The third kappa shape index (κ3) is 1.14. The summed E-state index contributed by atoms with van der Waals surface area (Å²) in [7, 11) is 0. The van der Waals surface area contributed by atoms with Gasteiger partial charge in [0.1, 0.15) is 5.84 Å². The van der Waals surface area contributed by atoms with Gasteiger partial charge >= 0.3 is 0 Å². The van der Waals surface area contributed by atoms with Crippen molar-refractivity contribution in [2.24, 2.45) is 4.99 Å². The molecule has 0 aromatic heterocycles. The van der Waals surface area contributed by atoms with Crippen LogP contribution in [0.3, 0.4) is 0 Å². The monoisotopic (exact) mass is 127 g/mol. The quantitative estimate of drug-likeness (QED) is 0.372. The van der Waals surface area contributed by atoms with Gasteiger partial charge in [-0.2, -0.15) is 5.26 Å². The molecular formula is C4H5N3S. The average molecular weight is 127 g/mol. The maximum atomic E-state index is 8.08. The van der Waals surface area contributed by atoms with Gasteiger partial charge in [-0.05, 0) is 0 Å². The Kier molecular flexibility index (Phi) is 1.75. The fourth-order valence-electron chi connectivity index (χ4n) is 0.452. The maximum Gasteiger partial charge on any atom is 0.182 e. The van der Waals surface area contributed by atoms with Crippen molar-refractivity contribution in [3.05, 3.63) is 0 Å². The smallest absolute Gasteiger partial charge is 0.182 e. The van der Waals surface area contributed by atoms with Crippen LogP contribution < -0.4 is 5.32 Å². The van der Waals surface area contributed by atoms with Crippen LogP contribution in [0.15, 0.2) is 4.99 Å². The summed E-state index contributed by atoms with van der Waals surface area (Å²) in [6.07, 6.45) is 1.82. The molecule has 1 aliphatic rings. The van der Waals surface area contributed by atoms with E-state index in [0.717, 1.165) is 17.5 Å². The molecule has 0 aliphatic carbocycles. The van der Waals surface area contributed by atoms with Gasteiger partial charge in [0.05, 0.1) is 11.6 Å². The van der Waals surface area contributed by atoms with Crippen molar-refractivity contribution in [2.75, 3.05) is 11.6 Å². The molecule has 0 saturated heterocycles. The molecule has 0 unspecified atom stereocenters. The Balaban J connectivity index is 2.36. The number of hydrogen-bond donors (Lipinski definition) is 1. The minimum Gasteiger partial charge on any atom is -0.280 e. The van der Waals surface area contributed by atoms with Gasteiger partial charge in [-0.1, -0.05) is 0 Å². The Hall–Kier alpha value is -0.690. The van der Waals surface area contributed by atoms with E-state index in [2.05, 4.69) is 10.3 Å². The van der Waals surface area contributed by atoms with Crippen LogP contribution in [0.2, 0.25) is 0 Å². The van der Waals surface area contributed by atoms with Gasteiger partial charge in [-0.25, -0.2) is 0 Å². The first kappa shape index (κ1) is 5.45. The molecule has 1 heterocycles. The molecule has 0 amide bonds. The summed E-state index contributed by atoms with van der Waals surface area (Å²) in [5.41, 5.74) is 0. The Morgan fingerprint density at radius 2 is 2.75 bits per heavy atom. The van der Waals surface area contributed by atoms with Gasteiger partial charge in [0.25, 0.3) is 0 Å². The third-order valence-corrected chi connectivity index (χ3v) is 1.57. The fraction of sp³-hybridized carbons (Fsp3) is 0.500. The van der Waals surface area contributed by atoms with Crippen molar-refractivity contribution in [3.8, 4) is 6.19 Å². The average Bonchev–Trinajstić information content (AvgIpc) is 2.19. The Labute approximate surface area is 51.8 Å². The number of rotatable bonds is 0. The Morgan fingerprint density at radius 1 is 1.88 bits per heavy atom. The molecule has 0 aromatic rings. The van der Waals surface area contributed by atoms with E-state index in [9.17, 15) is 0 Å². The first-order valence-electron chi connectivity index (χ1n) is 2.19. The van der Waals surface area contributed by atoms with E-state index in [1.54, 1.807) is 11.8 Å². The molecule has 1 N–H and O–H groups in total. The van der Waals surface area contributed by atoms with Crippen molar-refractivity contribution in [1.82, 2.24) is 5.32 Å². The third-order valence-electron chi connectivity index (χ3n) is 0.786. The van der Waals surface area contributed by atoms with Gasteiger partial charge in [0.2, 0.25) is 0 Å². The van der Waals surface area contributed by atoms with Crippen molar-refractivity contribution >= 4 is 17.6 Å². The van der Waals surface area contributed by atoms with E-state index in [-0.39, 0.29) is 0 Å². The summed E-state index contributed by atoms with van der Waals surface area (Å²) in [6.45, 7) is 0. The van der Waals surface area contributed by atoms with E-state index in [1.165, 1.54) is 0 Å². The van der Waals surface area contributed by atoms with Crippen LogP contribution >= 0.6 is 11.8 Å². The van der Waals surface area contributed by atoms with Crippen LogP contribution in [-0.2, 0) is 0 Å². The highest BCUT2D eigenvalue weighted by Gasteiger charge is 2.03. The lowest BCUT2D eigenvalue weighted by Crippen LogP contribution is -2.16. The number of thioether (sulfide) groups is 1. The highest BCUT2D eigenvalue weighted by atomic mass is 32.2. The fourth-order valence-corrected chi connectivity index (χ4v) is 1.15. The minimum absolute atomic E-state index is 0.796. The van der Waals surface area contributed by atoms with Gasteiger partial charge in [0, 0.05) is 0 Å². The Morgan fingerprint density at radius 3 is 3.25 bits per heavy atom. The van der Waals surface area contributed by atoms with Crippen molar-refractivity contribution in [1.29, 1.82) is 5.26 Å². The highest BCUT2D eigenvalue weighted by Crippen LogP contribution is 2.06. The van der Waals surface area contributed by atoms with Crippen LogP contribution in [0, 0.1) is 11.5 Å². The number of nitriles is 1. The number of aliphatic imine (C=N–C) groups is 1. The summed E-state index contributed by atoms with van der Waals surface area (Å²) in [5, 5.41) is 10.6. The zero-order valence-electron chi connectivity index (χ0n) is 4.22. The normalized spacial score (nSPS) is 17.1. The second-order valence-corrected chi connectivity index (χ2v) is 2.27. The standard InChI is InChI=1S/C4H5N3S/c5-2-6-4-1-8-3-7-4/h1,3H2,(H,6,7). The molecule has 4 heteroatoms. The van der Waals surface area contributed by atoms with Crippen molar-refractivity contribution < 1.29 is 0 Å². The molecule has 0 aromatic carbocycles. The molecule has 0 radical (unpaired) electrons. The zero-order chi connectivity index (χ0) is 5.82. The molecule has 42 valence electrons. The van der Waals surface area contributed by atoms with E-state index < -0.39 is 0 Å².